The number of carbonyl (C=O) groups is 1. The second-order valence-electron chi connectivity index (χ2n) is 5.01. The smallest absolute Gasteiger partial charge is 0.307 e. The molecule has 9 heteroatoms. The van der Waals surface area contributed by atoms with Crippen molar-refractivity contribution in [1.29, 1.82) is 0 Å². The van der Waals surface area contributed by atoms with Crippen molar-refractivity contribution in [3.8, 4) is 0 Å². The maximum atomic E-state index is 12.2. The minimum absolute atomic E-state index is 0.00421. The molecule has 1 aromatic heterocycles. The van der Waals surface area contributed by atoms with E-state index in [9.17, 15) is 13.2 Å². The summed E-state index contributed by atoms with van der Waals surface area (Å²) in [6.07, 6.45) is 4.12. The van der Waals surface area contributed by atoms with Crippen LogP contribution in [0.4, 0.5) is 0 Å². The summed E-state index contributed by atoms with van der Waals surface area (Å²) in [6.45, 7) is 2.16. The van der Waals surface area contributed by atoms with E-state index in [-0.39, 0.29) is 13.1 Å². The van der Waals surface area contributed by atoms with Crippen molar-refractivity contribution in [3.05, 3.63) is 23.8 Å². The zero-order valence-corrected chi connectivity index (χ0v) is 12.5. The van der Waals surface area contributed by atoms with Crippen LogP contribution in [-0.4, -0.2) is 46.9 Å². The third-order valence-corrected chi connectivity index (χ3v) is 4.86. The summed E-state index contributed by atoms with van der Waals surface area (Å²) in [5, 5.41) is 9.00. The molecule has 8 nitrogen and oxygen atoms in total. The molecule has 2 N–H and O–H groups in total. The minimum Gasteiger partial charge on any atom is -0.481 e. The maximum absolute atomic E-state index is 12.2. The van der Waals surface area contributed by atoms with Gasteiger partial charge < -0.3 is 5.11 Å². The summed E-state index contributed by atoms with van der Waals surface area (Å²) >= 11 is 0. The first-order valence-electron chi connectivity index (χ1n) is 6.63. The van der Waals surface area contributed by atoms with Gasteiger partial charge in [0, 0.05) is 19.3 Å². The van der Waals surface area contributed by atoms with Gasteiger partial charge in [-0.15, -0.1) is 0 Å². The molecule has 2 heterocycles. The van der Waals surface area contributed by atoms with Crippen LogP contribution in [0.15, 0.2) is 12.4 Å². The van der Waals surface area contributed by atoms with Crippen molar-refractivity contribution >= 4 is 16.2 Å². The number of nitrogens with zero attached hydrogens (tertiary/aromatic N) is 3. The Balaban J connectivity index is 1.97. The third-order valence-electron chi connectivity index (χ3n) is 3.34. The molecule has 0 amide bonds. The van der Waals surface area contributed by atoms with Gasteiger partial charge in [-0.1, -0.05) is 0 Å². The number of carboxylic acids is 1. The van der Waals surface area contributed by atoms with Crippen molar-refractivity contribution in [2.24, 2.45) is 5.92 Å². The number of hydrogen-bond donors (Lipinski definition) is 2. The summed E-state index contributed by atoms with van der Waals surface area (Å²) in [5.41, 5.74) is 1.26. The van der Waals surface area contributed by atoms with Gasteiger partial charge in [0.25, 0.3) is 10.2 Å². The fourth-order valence-corrected chi connectivity index (χ4v) is 3.39. The largest absolute Gasteiger partial charge is 0.481 e. The summed E-state index contributed by atoms with van der Waals surface area (Å²) in [4.78, 5) is 19.1. The number of aryl methyl sites for hydroxylation is 1. The first-order chi connectivity index (χ1) is 9.88. The van der Waals surface area contributed by atoms with E-state index in [1.807, 2.05) is 0 Å². The molecule has 1 unspecified atom stereocenters. The first-order valence-corrected chi connectivity index (χ1v) is 8.07. The maximum Gasteiger partial charge on any atom is 0.307 e. The fraction of sp³-hybridized carbons (Fsp3) is 0.583. The topological polar surface area (TPSA) is 112 Å². The van der Waals surface area contributed by atoms with Gasteiger partial charge >= 0.3 is 5.97 Å². The predicted octanol–water partition coefficient (Wildman–Crippen LogP) is -0.0840. The van der Waals surface area contributed by atoms with Gasteiger partial charge in [0.2, 0.25) is 0 Å². The zero-order chi connectivity index (χ0) is 15.5. The molecule has 0 aliphatic carbocycles. The van der Waals surface area contributed by atoms with E-state index < -0.39 is 22.1 Å². The van der Waals surface area contributed by atoms with Crippen molar-refractivity contribution in [3.63, 3.8) is 0 Å². The molecule has 0 bridgehead atoms. The molecule has 1 fully saturated rings. The number of aromatic nitrogens is 2. The molecule has 0 spiro atoms. The van der Waals surface area contributed by atoms with Gasteiger partial charge in [0.15, 0.2) is 0 Å². The van der Waals surface area contributed by atoms with Crippen LogP contribution in [-0.2, 0) is 21.5 Å². The second-order valence-corrected chi connectivity index (χ2v) is 6.77. The number of carboxylic acid groups (broad SMARTS) is 1. The Hall–Kier alpha value is -1.58. The van der Waals surface area contributed by atoms with E-state index in [1.165, 1.54) is 10.5 Å². The summed E-state index contributed by atoms with van der Waals surface area (Å²) in [6, 6.07) is 0. The Morgan fingerprint density at radius 3 is 2.86 bits per heavy atom. The summed E-state index contributed by atoms with van der Waals surface area (Å²) in [7, 11) is -3.71. The van der Waals surface area contributed by atoms with E-state index in [2.05, 4.69) is 14.7 Å². The molecule has 1 saturated heterocycles. The van der Waals surface area contributed by atoms with Crippen LogP contribution in [0.2, 0.25) is 0 Å². The molecule has 1 atom stereocenters. The Kier molecular flexibility index (Phi) is 4.86. The first kappa shape index (κ1) is 15.8. The standard InChI is InChI=1S/C12H18N4O4S/c1-9-5-14-11(6-13-9)7-15-21(19,20)16-4-2-3-10(8-16)12(17)18/h5-6,10,15H,2-4,7-8H2,1H3,(H,17,18). The van der Waals surface area contributed by atoms with Crippen molar-refractivity contribution in [2.75, 3.05) is 13.1 Å². The van der Waals surface area contributed by atoms with E-state index in [0.29, 0.717) is 25.1 Å². The van der Waals surface area contributed by atoms with Gasteiger partial charge in [-0.05, 0) is 19.8 Å². The van der Waals surface area contributed by atoms with Gasteiger partial charge in [-0.25, -0.2) is 0 Å². The Labute approximate surface area is 123 Å². The number of hydrogen-bond acceptors (Lipinski definition) is 5. The Morgan fingerprint density at radius 2 is 2.24 bits per heavy atom. The van der Waals surface area contributed by atoms with E-state index in [0.717, 1.165) is 5.69 Å². The molecule has 1 aliphatic heterocycles. The van der Waals surface area contributed by atoms with E-state index in [4.69, 9.17) is 5.11 Å². The van der Waals surface area contributed by atoms with Crippen LogP contribution >= 0.6 is 0 Å². The van der Waals surface area contributed by atoms with Crippen LogP contribution in [0, 0.1) is 12.8 Å². The lowest BCUT2D eigenvalue weighted by Gasteiger charge is -2.29. The quantitative estimate of drug-likeness (QED) is 0.786. The van der Waals surface area contributed by atoms with Crippen molar-refractivity contribution in [1.82, 2.24) is 19.0 Å². The molecule has 1 aromatic rings. The molecule has 116 valence electrons. The molecular weight excluding hydrogens is 296 g/mol. The van der Waals surface area contributed by atoms with Crippen LogP contribution in [0.1, 0.15) is 24.2 Å². The van der Waals surface area contributed by atoms with Crippen LogP contribution in [0.5, 0.6) is 0 Å². The average molecular weight is 314 g/mol. The SMILES string of the molecule is Cc1cnc(CNS(=O)(=O)N2CCCC(C(=O)O)C2)cn1. The Morgan fingerprint density at radius 1 is 1.48 bits per heavy atom. The number of rotatable bonds is 5. The van der Waals surface area contributed by atoms with Gasteiger partial charge in [-0.2, -0.15) is 17.4 Å². The van der Waals surface area contributed by atoms with Crippen molar-refractivity contribution in [2.45, 2.75) is 26.3 Å². The summed E-state index contributed by atoms with van der Waals surface area (Å²) < 4.78 is 27.9. The number of nitrogens with one attached hydrogen (secondary N) is 1. The highest BCUT2D eigenvalue weighted by Crippen LogP contribution is 2.18. The molecular formula is C12H18N4O4S. The van der Waals surface area contributed by atoms with E-state index >= 15 is 0 Å². The molecule has 0 aromatic carbocycles. The van der Waals surface area contributed by atoms with Gasteiger partial charge in [0.05, 0.1) is 30.0 Å². The molecule has 0 saturated carbocycles. The average Bonchev–Trinajstić information content (AvgIpc) is 2.47. The van der Waals surface area contributed by atoms with Crippen LogP contribution < -0.4 is 4.72 Å². The normalized spacial score (nSPS) is 20.3. The van der Waals surface area contributed by atoms with E-state index in [1.54, 1.807) is 13.1 Å². The minimum atomic E-state index is -3.71. The number of aliphatic carboxylic acids is 1. The van der Waals surface area contributed by atoms with Gasteiger partial charge in [-0.3, -0.25) is 14.8 Å². The predicted molar refractivity (Wildman–Crippen MR) is 74.5 cm³/mol. The lowest BCUT2D eigenvalue weighted by atomic mass is 10.0. The molecule has 0 radical (unpaired) electrons. The zero-order valence-electron chi connectivity index (χ0n) is 11.7. The number of piperidine rings is 1. The lowest BCUT2D eigenvalue weighted by Crippen LogP contribution is -2.47. The molecule has 21 heavy (non-hydrogen) atoms. The highest BCUT2D eigenvalue weighted by molar-refractivity contribution is 7.87. The monoisotopic (exact) mass is 314 g/mol. The third kappa shape index (κ3) is 4.19. The van der Waals surface area contributed by atoms with Crippen molar-refractivity contribution < 1.29 is 18.3 Å². The van der Waals surface area contributed by atoms with Gasteiger partial charge in [0.1, 0.15) is 0 Å². The summed E-state index contributed by atoms with van der Waals surface area (Å²) in [5.74, 6) is -1.60. The molecule has 2 rings (SSSR count). The Bertz CT molecular complexity index is 602. The van der Waals surface area contributed by atoms with Crippen LogP contribution in [0.3, 0.4) is 0 Å². The second kappa shape index (κ2) is 6.46. The fourth-order valence-electron chi connectivity index (χ4n) is 2.13. The lowest BCUT2D eigenvalue weighted by molar-refractivity contribution is -0.142. The molecule has 1 aliphatic rings. The highest BCUT2D eigenvalue weighted by atomic mass is 32.2. The highest BCUT2D eigenvalue weighted by Gasteiger charge is 2.32. The van der Waals surface area contributed by atoms with Crippen LogP contribution in [0.25, 0.3) is 0 Å².